The monoisotopic (exact) mass is 230 g/mol. The summed E-state index contributed by atoms with van der Waals surface area (Å²) in [5.41, 5.74) is 0.983. The molecule has 0 N–H and O–H groups in total. The van der Waals surface area contributed by atoms with Crippen LogP contribution >= 0.6 is 0 Å². The Bertz CT molecular complexity index is 570. The molecule has 1 aliphatic carbocycles. The van der Waals surface area contributed by atoms with Gasteiger partial charge in [-0.25, -0.2) is 0 Å². The highest BCUT2D eigenvalue weighted by Gasteiger charge is 2.21. The Labute approximate surface area is 99.0 Å². The highest BCUT2D eigenvalue weighted by molar-refractivity contribution is 5.88. The van der Waals surface area contributed by atoms with E-state index in [1.165, 1.54) is 19.3 Å². The van der Waals surface area contributed by atoms with Crippen molar-refractivity contribution in [3.05, 3.63) is 40.6 Å². The molecule has 4 nitrogen and oxygen atoms in total. The van der Waals surface area contributed by atoms with Crippen LogP contribution in [0.25, 0.3) is 10.9 Å². The molecule has 0 spiro atoms. The van der Waals surface area contributed by atoms with E-state index in [1.54, 1.807) is 12.1 Å². The molecule has 0 unspecified atom stereocenters. The minimum atomic E-state index is -0.292. The van der Waals surface area contributed by atoms with E-state index in [0.29, 0.717) is 5.92 Å². The fraction of sp³-hybridized carbons (Fsp3) is 0.385. The van der Waals surface area contributed by atoms with Gasteiger partial charge < -0.3 is 4.57 Å². The normalized spacial score (nSPS) is 16.0. The topological polar surface area (TPSA) is 48.1 Å². The summed E-state index contributed by atoms with van der Waals surface area (Å²) in [6, 6.07) is 7.22. The third-order valence-corrected chi connectivity index (χ3v) is 3.64. The van der Waals surface area contributed by atoms with Crippen LogP contribution in [0.1, 0.15) is 19.3 Å². The molecule has 1 aliphatic rings. The fourth-order valence-electron chi connectivity index (χ4n) is 2.49. The number of fused-ring (bicyclic) bond motifs is 1. The van der Waals surface area contributed by atoms with Crippen molar-refractivity contribution < 1.29 is 4.92 Å². The number of nitrogens with zero attached hydrogens (tertiary/aromatic N) is 2. The summed E-state index contributed by atoms with van der Waals surface area (Å²) in [7, 11) is 0. The summed E-state index contributed by atoms with van der Waals surface area (Å²) in [6.45, 7) is 0.911. The maximum absolute atomic E-state index is 11.0. The van der Waals surface area contributed by atoms with Crippen LogP contribution in [-0.4, -0.2) is 9.49 Å². The highest BCUT2D eigenvalue weighted by atomic mass is 16.6. The van der Waals surface area contributed by atoms with E-state index in [0.717, 1.165) is 17.4 Å². The van der Waals surface area contributed by atoms with Crippen LogP contribution < -0.4 is 0 Å². The number of benzene rings is 1. The summed E-state index contributed by atoms with van der Waals surface area (Å²) in [4.78, 5) is 10.7. The molecule has 17 heavy (non-hydrogen) atoms. The van der Waals surface area contributed by atoms with Crippen molar-refractivity contribution in [3.8, 4) is 0 Å². The van der Waals surface area contributed by atoms with Crippen molar-refractivity contribution in [2.45, 2.75) is 25.8 Å². The Balaban J connectivity index is 2.08. The van der Waals surface area contributed by atoms with E-state index < -0.39 is 0 Å². The van der Waals surface area contributed by atoms with Gasteiger partial charge in [-0.1, -0.05) is 18.6 Å². The highest BCUT2D eigenvalue weighted by Crippen LogP contribution is 2.32. The van der Waals surface area contributed by atoms with Crippen molar-refractivity contribution in [1.29, 1.82) is 0 Å². The Morgan fingerprint density at radius 1 is 1.35 bits per heavy atom. The lowest BCUT2D eigenvalue weighted by atomic mass is 9.85. The molecule has 2 aromatic rings. The van der Waals surface area contributed by atoms with Gasteiger partial charge in [0.1, 0.15) is 5.52 Å². The van der Waals surface area contributed by atoms with E-state index in [-0.39, 0.29) is 10.6 Å². The van der Waals surface area contributed by atoms with Crippen molar-refractivity contribution >= 4 is 16.6 Å². The smallest absolute Gasteiger partial charge is 0.293 e. The fourth-order valence-corrected chi connectivity index (χ4v) is 2.49. The number of hydrogen-bond acceptors (Lipinski definition) is 2. The molecule has 1 aromatic heterocycles. The Kier molecular flexibility index (Phi) is 2.35. The van der Waals surface area contributed by atoms with E-state index in [2.05, 4.69) is 0 Å². The van der Waals surface area contributed by atoms with Gasteiger partial charge in [-0.15, -0.1) is 0 Å². The minimum absolute atomic E-state index is 0.215. The zero-order valence-corrected chi connectivity index (χ0v) is 9.50. The van der Waals surface area contributed by atoms with Crippen LogP contribution in [0.3, 0.4) is 0 Å². The van der Waals surface area contributed by atoms with Gasteiger partial charge in [0.2, 0.25) is 0 Å². The molecule has 4 heteroatoms. The van der Waals surface area contributed by atoms with Gasteiger partial charge in [0.25, 0.3) is 5.69 Å². The SMILES string of the molecule is O=[N+]([O-])c1cccc2ccn(CC3CCC3)c12. The predicted octanol–water partition coefficient (Wildman–Crippen LogP) is 3.35. The number of rotatable bonds is 3. The summed E-state index contributed by atoms with van der Waals surface area (Å²) in [6.07, 6.45) is 5.77. The second kappa shape index (κ2) is 3.87. The second-order valence-electron chi connectivity index (χ2n) is 4.74. The molecule has 1 fully saturated rings. The second-order valence-corrected chi connectivity index (χ2v) is 4.74. The van der Waals surface area contributed by atoms with Crippen molar-refractivity contribution in [2.24, 2.45) is 5.92 Å². The molecular formula is C13H14N2O2. The lowest BCUT2D eigenvalue weighted by Gasteiger charge is -2.25. The Morgan fingerprint density at radius 3 is 2.82 bits per heavy atom. The third-order valence-electron chi connectivity index (χ3n) is 3.64. The zero-order valence-electron chi connectivity index (χ0n) is 9.50. The number of nitro groups is 1. The first kappa shape index (κ1) is 10.3. The van der Waals surface area contributed by atoms with Gasteiger partial charge in [-0.3, -0.25) is 10.1 Å². The van der Waals surface area contributed by atoms with E-state index in [1.807, 2.05) is 22.9 Å². The van der Waals surface area contributed by atoms with Gasteiger partial charge in [-0.2, -0.15) is 0 Å². The molecule has 0 bridgehead atoms. The van der Waals surface area contributed by atoms with Crippen molar-refractivity contribution in [3.63, 3.8) is 0 Å². The van der Waals surface area contributed by atoms with E-state index in [9.17, 15) is 10.1 Å². The zero-order chi connectivity index (χ0) is 11.8. The number of nitro benzene ring substituents is 1. The summed E-state index contributed by atoms with van der Waals surface area (Å²) >= 11 is 0. The molecule has 88 valence electrons. The quantitative estimate of drug-likeness (QED) is 0.599. The molecule has 1 heterocycles. The average Bonchev–Trinajstić information content (AvgIpc) is 2.66. The van der Waals surface area contributed by atoms with Crippen LogP contribution in [0, 0.1) is 16.0 Å². The average molecular weight is 230 g/mol. The standard InChI is InChI=1S/C13H14N2O2/c16-15(17)12-6-2-5-11-7-8-14(13(11)12)9-10-3-1-4-10/h2,5-8,10H,1,3-4,9H2. The van der Waals surface area contributed by atoms with Crippen LogP contribution in [0.5, 0.6) is 0 Å². The van der Waals surface area contributed by atoms with Gasteiger partial charge in [0.15, 0.2) is 0 Å². The van der Waals surface area contributed by atoms with E-state index >= 15 is 0 Å². The maximum Gasteiger partial charge on any atom is 0.293 e. The van der Waals surface area contributed by atoms with Crippen LogP contribution in [0.15, 0.2) is 30.5 Å². The van der Waals surface area contributed by atoms with Gasteiger partial charge in [0.05, 0.1) is 4.92 Å². The first-order chi connectivity index (χ1) is 8.25. The summed E-state index contributed by atoms with van der Waals surface area (Å²) in [5, 5.41) is 12.0. The van der Waals surface area contributed by atoms with Crippen LogP contribution in [0.2, 0.25) is 0 Å². The number of aromatic nitrogens is 1. The lowest BCUT2D eigenvalue weighted by Crippen LogP contribution is -2.17. The minimum Gasteiger partial charge on any atom is -0.342 e. The molecule has 0 saturated heterocycles. The van der Waals surface area contributed by atoms with Crippen molar-refractivity contribution in [1.82, 2.24) is 4.57 Å². The van der Waals surface area contributed by atoms with E-state index in [4.69, 9.17) is 0 Å². The molecule has 0 amide bonds. The number of non-ortho nitro benzene ring substituents is 1. The maximum atomic E-state index is 11.0. The summed E-state index contributed by atoms with van der Waals surface area (Å²) in [5.74, 6) is 0.699. The summed E-state index contributed by atoms with van der Waals surface area (Å²) < 4.78 is 2.04. The first-order valence-corrected chi connectivity index (χ1v) is 5.98. The number of hydrogen-bond donors (Lipinski definition) is 0. The molecule has 0 radical (unpaired) electrons. The molecule has 0 aliphatic heterocycles. The van der Waals surface area contributed by atoms with Gasteiger partial charge in [0, 0.05) is 24.2 Å². The largest absolute Gasteiger partial charge is 0.342 e. The molecule has 3 rings (SSSR count). The lowest BCUT2D eigenvalue weighted by molar-refractivity contribution is -0.383. The van der Waals surface area contributed by atoms with Gasteiger partial charge in [-0.05, 0) is 24.8 Å². The van der Waals surface area contributed by atoms with Crippen LogP contribution in [0.4, 0.5) is 5.69 Å². The Morgan fingerprint density at radius 2 is 2.18 bits per heavy atom. The first-order valence-electron chi connectivity index (χ1n) is 5.98. The Hall–Kier alpha value is -1.84. The molecule has 1 saturated carbocycles. The molecule has 0 atom stereocenters. The predicted molar refractivity (Wildman–Crippen MR) is 65.9 cm³/mol. The van der Waals surface area contributed by atoms with Crippen molar-refractivity contribution in [2.75, 3.05) is 0 Å². The van der Waals surface area contributed by atoms with Gasteiger partial charge >= 0.3 is 0 Å². The molecule has 1 aromatic carbocycles. The number of para-hydroxylation sites is 1. The van der Waals surface area contributed by atoms with Crippen LogP contribution in [-0.2, 0) is 6.54 Å². The third kappa shape index (κ3) is 1.69. The molecular weight excluding hydrogens is 216 g/mol.